The maximum atomic E-state index is 6.30. The Hall–Kier alpha value is -0.970. The largest absolute Gasteiger partial charge is 0.486 e. The summed E-state index contributed by atoms with van der Waals surface area (Å²) in [5.41, 5.74) is 1.21. The van der Waals surface area contributed by atoms with Crippen molar-refractivity contribution >= 4 is 11.6 Å². The van der Waals surface area contributed by atoms with Crippen molar-refractivity contribution in [3.8, 4) is 11.5 Å². The molecule has 0 bridgehead atoms. The van der Waals surface area contributed by atoms with E-state index in [-0.39, 0.29) is 0 Å². The molecule has 108 valence electrons. The van der Waals surface area contributed by atoms with Gasteiger partial charge in [-0.25, -0.2) is 0 Å². The normalized spacial score (nSPS) is 28.6. The molecule has 0 radical (unpaired) electrons. The second-order valence-corrected chi connectivity index (χ2v) is 6.38. The zero-order valence-electron chi connectivity index (χ0n) is 11.4. The summed E-state index contributed by atoms with van der Waals surface area (Å²) in [4.78, 5) is 2.53. The third-order valence-electron chi connectivity index (χ3n) is 4.53. The topological polar surface area (TPSA) is 33.7 Å². The molecule has 1 aromatic carbocycles. The molecule has 2 fully saturated rings. The van der Waals surface area contributed by atoms with E-state index >= 15 is 0 Å². The van der Waals surface area contributed by atoms with Crippen molar-refractivity contribution in [1.29, 1.82) is 0 Å². The zero-order valence-corrected chi connectivity index (χ0v) is 12.2. The van der Waals surface area contributed by atoms with Crippen molar-refractivity contribution in [2.75, 3.05) is 39.4 Å². The summed E-state index contributed by atoms with van der Waals surface area (Å²) in [5.74, 6) is 3.13. The average Bonchev–Trinajstić information content (AvgIpc) is 2.99. The van der Waals surface area contributed by atoms with Crippen molar-refractivity contribution in [1.82, 2.24) is 10.2 Å². The Bertz CT molecular complexity index is 511. The lowest BCUT2D eigenvalue weighted by Crippen LogP contribution is -2.25. The number of rotatable bonds is 2. The average molecular weight is 295 g/mol. The predicted octanol–water partition coefficient (Wildman–Crippen LogP) is 1.76. The van der Waals surface area contributed by atoms with Gasteiger partial charge in [0.05, 0.1) is 5.02 Å². The van der Waals surface area contributed by atoms with Gasteiger partial charge in [0, 0.05) is 19.6 Å². The molecule has 0 aromatic heterocycles. The van der Waals surface area contributed by atoms with Gasteiger partial charge in [0.2, 0.25) is 0 Å². The maximum Gasteiger partial charge on any atom is 0.179 e. The molecule has 2 atom stereocenters. The van der Waals surface area contributed by atoms with Crippen LogP contribution in [0.4, 0.5) is 0 Å². The van der Waals surface area contributed by atoms with Crippen LogP contribution in [0.2, 0.25) is 5.02 Å². The molecular weight excluding hydrogens is 276 g/mol. The molecule has 0 saturated carbocycles. The molecule has 0 spiro atoms. The molecule has 0 amide bonds. The Morgan fingerprint density at radius 1 is 1.15 bits per heavy atom. The number of halogens is 1. The first-order valence-electron chi connectivity index (χ1n) is 7.30. The number of nitrogens with one attached hydrogen (secondary N) is 1. The smallest absolute Gasteiger partial charge is 0.179 e. The summed E-state index contributed by atoms with van der Waals surface area (Å²) in [6.45, 7) is 6.84. The van der Waals surface area contributed by atoms with Gasteiger partial charge in [-0.1, -0.05) is 11.6 Å². The zero-order chi connectivity index (χ0) is 13.5. The monoisotopic (exact) mass is 294 g/mol. The molecule has 0 aliphatic carbocycles. The Balaban J connectivity index is 1.50. The lowest BCUT2D eigenvalue weighted by Gasteiger charge is -2.22. The Labute approximate surface area is 124 Å². The van der Waals surface area contributed by atoms with Crippen molar-refractivity contribution in [2.45, 2.75) is 6.54 Å². The van der Waals surface area contributed by atoms with E-state index in [2.05, 4.69) is 16.3 Å². The van der Waals surface area contributed by atoms with Crippen LogP contribution in [0.3, 0.4) is 0 Å². The molecule has 2 saturated heterocycles. The fraction of sp³-hybridized carbons (Fsp3) is 0.600. The molecule has 5 heteroatoms. The molecule has 1 aromatic rings. The van der Waals surface area contributed by atoms with E-state index in [1.54, 1.807) is 0 Å². The highest BCUT2D eigenvalue weighted by molar-refractivity contribution is 6.32. The van der Waals surface area contributed by atoms with E-state index in [0.29, 0.717) is 24.0 Å². The highest BCUT2D eigenvalue weighted by Crippen LogP contribution is 2.39. The SMILES string of the molecule is Clc1cc(CN2CC3CNCC3C2)cc2c1OCCO2. The standard InChI is InChI=1S/C15H19ClN2O2/c16-13-3-10(4-14-15(13)20-2-1-19-14)7-18-8-11-5-17-6-12(11)9-18/h3-4,11-12,17H,1-2,5-9H2. The molecule has 4 rings (SSSR count). The third kappa shape index (κ3) is 2.26. The number of ether oxygens (including phenoxy) is 2. The second kappa shape index (κ2) is 5.10. The van der Waals surface area contributed by atoms with Crippen molar-refractivity contribution < 1.29 is 9.47 Å². The van der Waals surface area contributed by atoms with Gasteiger partial charge in [-0.15, -0.1) is 0 Å². The number of hydrogen-bond acceptors (Lipinski definition) is 4. The van der Waals surface area contributed by atoms with E-state index in [1.807, 2.05) is 6.07 Å². The first-order valence-corrected chi connectivity index (χ1v) is 7.68. The molecule has 3 aliphatic rings. The van der Waals surface area contributed by atoms with Crippen LogP contribution in [0.25, 0.3) is 0 Å². The summed E-state index contributed by atoms with van der Waals surface area (Å²) >= 11 is 6.30. The Morgan fingerprint density at radius 2 is 1.90 bits per heavy atom. The molecular formula is C15H19ClN2O2. The Morgan fingerprint density at radius 3 is 2.70 bits per heavy atom. The summed E-state index contributed by atoms with van der Waals surface area (Å²) in [5, 5.41) is 4.14. The van der Waals surface area contributed by atoms with E-state index in [1.165, 1.54) is 31.7 Å². The minimum absolute atomic E-state index is 0.578. The van der Waals surface area contributed by atoms with Gasteiger partial charge in [0.15, 0.2) is 11.5 Å². The number of hydrogen-bond donors (Lipinski definition) is 1. The minimum Gasteiger partial charge on any atom is -0.486 e. The quantitative estimate of drug-likeness (QED) is 0.901. The van der Waals surface area contributed by atoms with Gasteiger partial charge in [-0.3, -0.25) is 4.90 Å². The fourth-order valence-electron chi connectivity index (χ4n) is 3.60. The van der Waals surface area contributed by atoms with Gasteiger partial charge in [-0.2, -0.15) is 0 Å². The van der Waals surface area contributed by atoms with Gasteiger partial charge in [-0.05, 0) is 42.6 Å². The van der Waals surface area contributed by atoms with Crippen LogP contribution in [0.15, 0.2) is 12.1 Å². The first-order chi connectivity index (χ1) is 9.79. The van der Waals surface area contributed by atoms with E-state index in [0.717, 1.165) is 24.1 Å². The predicted molar refractivity (Wildman–Crippen MR) is 77.6 cm³/mol. The van der Waals surface area contributed by atoms with Gasteiger partial charge >= 0.3 is 0 Å². The van der Waals surface area contributed by atoms with Crippen LogP contribution in [-0.4, -0.2) is 44.3 Å². The van der Waals surface area contributed by atoms with Crippen LogP contribution in [0.5, 0.6) is 11.5 Å². The summed E-state index contributed by atoms with van der Waals surface area (Å²) < 4.78 is 11.2. The number of benzene rings is 1. The molecule has 4 nitrogen and oxygen atoms in total. The van der Waals surface area contributed by atoms with Crippen molar-refractivity contribution in [3.05, 3.63) is 22.7 Å². The lowest BCUT2D eigenvalue weighted by atomic mass is 10.0. The molecule has 1 N–H and O–H groups in total. The highest BCUT2D eigenvalue weighted by atomic mass is 35.5. The number of likely N-dealkylation sites (tertiary alicyclic amines) is 1. The van der Waals surface area contributed by atoms with Gasteiger partial charge in [0.25, 0.3) is 0 Å². The fourth-order valence-corrected chi connectivity index (χ4v) is 3.88. The molecule has 3 heterocycles. The highest BCUT2D eigenvalue weighted by Gasteiger charge is 2.35. The lowest BCUT2D eigenvalue weighted by molar-refractivity contribution is 0.171. The van der Waals surface area contributed by atoms with E-state index in [9.17, 15) is 0 Å². The molecule has 3 aliphatic heterocycles. The summed E-state index contributed by atoms with van der Waals surface area (Å²) in [6.07, 6.45) is 0. The Kier molecular flexibility index (Phi) is 3.25. The van der Waals surface area contributed by atoms with E-state index in [4.69, 9.17) is 21.1 Å². The van der Waals surface area contributed by atoms with Gasteiger partial charge in [0.1, 0.15) is 13.2 Å². The van der Waals surface area contributed by atoms with E-state index < -0.39 is 0 Å². The molecule has 2 unspecified atom stereocenters. The second-order valence-electron chi connectivity index (χ2n) is 5.97. The van der Waals surface area contributed by atoms with Gasteiger partial charge < -0.3 is 14.8 Å². The van der Waals surface area contributed by atoms with Crippen LogP contribution in [-0.2, 0) is 6.54 Å². The minimum atomic E-state index is 0.578. The van der Waals surface area contributed by atoms with Crippen LogP contribution in [0, 0.1) is 11.8 Å². The van der Waals surface area contributed by atoms with Crippen molar-refractivity contribution in [2.24, 2.45) is 11.8 Å². The first kappa shape index (κ1) is 12.7. The number of fused-ring (bicyclic) bond motifs is 2. The number of nitrogens with zero attached hydrogens (tertiary/aromatic N) is 1. The van der Waals surface area contributed by atoms with Crippen LogP contribution < -0.4 is 14.8 Å². The summed E-state index contributed by atoms with van der Waals surface area (Å²) in [7, 11) is 0. The van der Waals surface area contributed by atoms with Crippen LogP contribution >= 0.6 is 11.6 Å². The third-order valence-corrected chi connectivity index (χ3v) is 4.81. The van der Waals surface area contributed by atoms with Crippen LogP contribution in [0.1, 0.15) is 5.56 Å². The van der Waals surface area contributed by atoms with Crippen molar-refractivity contribution in [3.63, 3.8) is 0 Å². The molecule has 20 heavy (non-hydrogen) atoms. The maximum absolute atomic E-state index is 6.30. The summed E-state index contributed by atoms with van der Waals surface area (Å²) in [6, 6.07) is 4.09.